The second kappa shape index (κ2) is 3.13. The van der Waals surface area contributed by atoms with Crippen LogP contribution in [0.3, 0.4) is 0 Å². The Kier molecular flexibility index (Phi) is 2.42. The van der Waals surface area contributed by atoms with Crippen LogP contribution in [-0.2, 0) is 0 Å². The minimum Gasteiger partial charge on any atom is -0.396 e. The Bertz CT molecular complexity index is 89.1. The second-order valence-electron chi connectivity index (χ2n) is 2.49. The summed E-state index contributed by atoms with van der Waals surface area (Å²) in [6.07, 6.45) is 0.476. The van der Waals surface area contributed by atoms with E-state index in [4.69, 9.17) is 5.11 Å². The molecule has 0 aromatic heterocycles. The monoisotopic (exact) mass is 133 g/mol. The van der Waals surface area contributed by atoms with E-state index in [1.807, 2.05) is 0 Å². The van der Waals surface area contributed by atoms with Gasteiger partial charge in [0.25, 0.3) is 0 Å². The normalized spacial score (nSPS) is 36.7. The number of aliphatic hydroxyl groups is 1. The first-order valence-electron chi connectivity index (χ1n) is 3.31. The molecule has 2 N–H and O–H groups in total. The maximum Gasteiger partial charge on any atom is 0.151 e. The Morgan fingerprint density at radius 1 is 1.67 bits per heavy atom. The average molecular weight is 133 g/mol. The van der Waals surface area contributed by atoms with Crippen LogP contribution in [0.2, 0.25) is 0 Å². The van der Waals surface area contributed by atoms with Crippen LogP contribution in [0, 0.1) is 5.92 Å². The lowest BCUT2D eigenvalue weighted by atomic mass is 9.99. The van der Waals surface area contributed by atoms with Crippen LogP contribution in [-0.4, -0.2) is 24.6 Å². The van der Waals surface area contributed by atoms with E-state index in [0.717, 1.165) is 6.42 Å². The molecule has 0 radical (unpaired) electrons. The van der Waals surface area contributed by atoms with Gasteiger partial charge in [-0.15, -0.1) is 0 Å². The summed E-state index contributed by atoms with van der Waals surface area (Å²) in [6.45, 7) is 0.828. The predicted octanol–water partition coefficient (Wildman–Crippen LogP) is 0.274. The molecule has 2 atom stereocenters. The minimum atomic E-state index is -0.893. The lowest BCUT2D eigenvalue weighted by molar-refractivity contribution is 0.124. The largest absolute Gasteiger partial charge is 0.396 e. The first-order valence-corrected chi connectivity index (χ1v) is 3.31. The van der Waals surface area contributed by atoms with Crippen molar-refractivity contribution in [1.82, 2.24) is 5.32 Å². The van der Waals surface area contributed by atoms with E-state index in [1.54, 1.807) is 0 Å². The van der Waals surface area contributed by atoms with Crippen LogP contribution in [0.15, 0.2) is 0 Å². The van der Waals surface area contributed by atoms with Crippen molar-refractivity contribution in [2.24, 2.45) is 5.92 Å². The van der Waals surface area contributed by atoms with Gasteiger partial charge in [-0.05, 0) is 25.3 Å². The summed E-state index contributed by atoms with van der Waals surface area (Å²) in [5.41, 5.74) is 0. The summed E-state index contributed by atoms with van der Waals surface area (Å²) in [7, 11) is 0. The van der Waals surface area contributed by atoms with E-state index in [2.05, 4.69) is 5.32 Å². The van der Waals surface area contributed by atoms with Crippen LogP contribution < -0.4 is 5.32 Å². The highest BCUT2D eigenvalue weighted by Gasteiger charge is 2.19. The van der Waals surface area contributed by atoms with Gasteiger partial charge in [0.15, 0.2) is 6.30 Å². The highest BCUT2D eigenvalue weighted by molar-refractivity contribution is 4.70. The number of nitrogens with one attached hydrogen (secondary N) is 1. The van der Waals surface area contributed by atoms with Crippen LogP contribution >= 0.6 is 0 Å². The van der Waals surface area contributed by atoms with Gasteiger partial charge in [0, 0.05) is 6.61 Å². The van der Waals surface area contributed by atoms with E-state index in [1.165, 1.54) is 0 Å². The second-order valence-corrected chi connectivity index (χ2v) is 2.49. The predicted molar refractivity (Wildman–Crippen MR) is 32.7 cm³/mol. The van der Waals surface area contributed by atoms with Crippen LogP contribution in [0.1, 0.15) is 12.8 Å². The molecule has 0 saturated carbocycles. The summed E-state index contributed by atoms with van der Waals surface area (Å²) in [5, 5.41) is 11.3. The molecule has 1 rings (SSSR count). The van der Waals surface area contributed by atoms with Crippen molar-refractivity contribution in [2.45, 2.75) is 19.1 Å². The average Bonchev–Trinajstić information content (AvgIpc) is 1.88. The molecule has 9 heavy (non-hydrogen) atoms. The molecular formula is C6H12FNO. The van der Waals surface area contributed by atoms with Crippen molar-refractivity contribution >= 4 is 0 Å². The number of rotatable bonds is 1. The van der Waals surface area contributed by atoms with Gasteiger partial charge in [0.1, 0.15) is 0 Å². The van der Waals surface area contributed by atoms with Gasteiger partial charge >= 0.3 is 0 Å². The number of halogens is 1. The zero-order valence-electron chi connectivity index (χ0n) is 5.31. The van der Waals surface area contributed by atoms with Gasteiger partial charge in [-0.3, -0.25) is 5.32 Å². The highest BCUT2D eigenvalue weighted by atomic mass is 19.1. The molecule has 0 aromatic carbocycles. The van der Waals surface area contributed by atoms with Gasteiger partial charge in [0.05, 0.1) is 0 Å². The van der Waals surface area contributed by atoms with Gasteiger partial charge in [-0.2, -0.15) is 0 Å². The molecule has 54 valence electrons. The third kappa shape index (κ3) is 1.91. The molecule has 0 bridgehead atoms. The van der Waals surface area contributed by atoms with Crippen LogP contribution in [0.25, 0.3) is 0 Å². The molecular weight excluding hydrogens is 121 g/mol. The molecule has 2 unspecified atom stereocenters. The molecule has 1 aliphatic rings. The maximum atomic E-state index is 12.4. The van der Waals surface area contributed by atoms with Gasteiger partial charge in [-0.1, -0.05) is 0 Å². The summed E-state index contributed by atoms with van der Waals surface area (Å²) in [5.74, 6) is 0.182. The molecule has 1 heterocycles. The first kappa shape index (κ1) is 6.96. The number of alkyl halides is 1. The Hall–Kier alpha value is -0.150. The molecule has 2 nitrogen and oxygen atoms in total. The summed E-state index contributed by atoms with van der Waals surface area (Å²) < 4.78 is 12.4. The summed E-state index contributed by atoms with van der Waals surface area (Å²) >= 11 is 0. The fraction of sp³-hybridized carbons (Fsp3) is 1.00. The minimum absolute atomic E-state index is 0.127. The van der Waals surface area contributed by atoms with Crippen molar-refractivity contribution in [1.29, 1.82) is 0 Å². The van der Waals surface area contributed by atoms with Crippen molar-refractivity contribution < 1.29 is 9.50 Å². The zero-order valence-corrected chi connectivity index (χ0v) is 5.31. The fourth-order valence-electron chi connectivity index (χ4n) is 1.10. The van der Waals surface area contributed by atoms with Crippen LogP contribution in [0.4, 0.5) is 4.39 Å². The van der Waals surface area contributed by atoms with E-state index >= 15 is 0 Å². The molecule has 0 aromatic rings. The Balaban J connectivity index is 2.23. The standard InChI is InChI=1S/C6H12FNO/c7-6-3-5(4-9)1-2-8-6/h5-6,8-9H,1-4H2. The topological polar surface area (TPSA) is 32.3 Å². The molecule has 0 aliphatic carbocycles. The molecule has 1 aliphatic heterocycles. The number of piperidine rings is 1. The lowest BCUT2D eigenvalue weighted by Crippen LogP contribution is -2.35. The summed E-state index contributed by atoms with van der Waals surface area (Å²) in [6, 6.07) is 0. The highest BCUT2D eigenvalue weighted by Crippen LogP contribution is 2.15. The van der Waals surface area contributed by atoms with Gasteiger partial charge in [0.2, 0.25) is 0 Å². The van der Waals surface area contributed by atoms with Crippen molar-refractivity contribution in [3.8, 4) is 0 Å². The maximum absolute atomic E-state index is 12.4. The molecule has 0 amide bonds. The third-order valence-corrected chi connectivity index (χ3v) is 1.72. The fourth-order valence-corrected chi connectivity index (χ4v) is 1.10. The van der Waals surface area contributed by atoms with Crippen LogP contribution in [0.5, 0.6) is 0 Å². The molecule has 3 heteroatoms. The summed E-state index contributed by atoms with van der Waals surface area (Å²) in [4.78, 5) is 0. The number of hydrogen-bond donors (Lipinski definition) is 2. The zero-order chi connectivity index (χ0) is 6.69. The van der Waals surface area contributed by atoms with Crippen molar-refractivity contribution in [3.05, 3.63) is 0 Å². The van der Waals surface area contributed by atoms with Crippen molar-refractivity contribution in [2.75, 3.05) is 13.2 Å². The van der Waals surface area contributed by atoms with E-state index in [0.29, 0.717) is 13.0 Å². The Morgan fingerprint density at radius 3 is 2.89 bits per heavy atom. The molecule has 1 saturated heterocycles. The van der Waals surface area contributed by atoms with E-state index in [9.17, 15) is 4.39 Å². The van der Waals surface area contributed by atoms with Crippen molar-refractivity contribution in [3.63, 3.8) is 0 Å². The number of aliphatic hydroxyl groups excluding tert-OH is 1. The quantitative estimate of drug-likeness (QED) is 0.503. The SMILES string of the molecule is OCC1CCNC(F)C1. The molecule has 0 spiro atoms. The van der Waals surface area contributed by atoms with E-state index < -0.39 is 6.30 Å². The smallest absolute Gasteiger partial charge is 0.151 e. The molecule has 1 fully saturated rings. The first-order chi connectivity index (χ1) is 4.33. The van der Waals surface area contributed by atoms with Gasteiger partial charge < -0.3 is 5.11 Å². The third-order valence-electron chi connectivity index (χ3n) is 1.72. The van der Waals surface area contributed by atoms with Gasteiger partial charge in [-0.25, -0.2) is 4.39 Å². The van der Waals surface area contributed by atoms with E-state index in [-0.39, 0.29) is 12.5 Å². The number of hydrogen-bond acceptors (Lipinski definition) is 2. The lowest BCUT2D eigenvalue weighted by Gasteiger charge is -2.23. The Morgan fingerprint density at radius 2 is 2.44 bits per heavy atom. The Labute approximate surface area is 54.1 Å².